The molecule has 2 aromatic rings. The fourth-order valence-electron chi connectivity index (χ4n) is 4.55. The Morgan fingerprint density at radius 3 is 2.77 bits per heavy atom. The van der Waals surface area contributed by atoms with Crippen molar-refractivity contribution in [3.63, 3.8) is 0 Å². The zero-order valence-electron chi connectivity index (χ0n) is 18.3. The predicted octanol–water partition coefficient (Wildman–Crippen LogP) is 4.04. The summed E-state index contributed by atoms with van der Waals surface area (Å²) in [7, 11) is -4.29. The van der Waals surface area contributed by atoms with Gasteiger partial charge in [0.1, 0.15) is 16.5 Å². The quantitative estimate of drug-likeness (QED) is 0.381. The topological polar surface area (TPSA) is 121 Å². The summed E-state index contributed by atoms with van der Waals surface area (Å²) in [5.74, 6) is -2.44. The smallest absolute Gasteiger partial charge is 0.391 e. The van der Waals surface area contributed by atoms with Crippen LogP contribution in [0.25, 0.3) is 0 Å². The Labute approximate surface area is 203 Å². The summed E-state index contributed by atoms with van der Waals surface area (Å²) >= 11 is 1.03. The number of nitrogens with one attached hydrogen (secondary N) is 2. The minimum Gasteiger partial charge on any atom is -0.493 e. The van der Waals surface area contributed by atoms with E-state index in [1.807, 2.05) is 0 Å². The van der Waals surface area contributed by atoms with Gasteiger partial charge in [-0.1, -0.05) is 0 Å². The van der Waals surface area contributed by atoms with Crippen molar-refractivity contribution in [3.8, 4) is 5.75 Å². The Kier molecular flexibility index (Phi) is 7.06. The Bertz CT molecular complexity index is 1220. The number of benzene rings is 1. The van der Waals surface area contributed by atoms with E-state index < -0.39 is 44.9 Å². The Balaban J connectivity index is 1.68. The van der Waals surface area contributed by atoms with Gasteiger partial charge in [0, 0.05) is 54.1 Å². The van der Waals surface area contributed by atoms with Gasteiger partial charge in [0.15, 0.2) is 5.13 Å². The molecule has 4 N–H and O–H groups in total. The molecule has 8 nitrogen and oxygen atoms in total. The molecule has 0 radical (unpaired) electrons. The van der Waals surface area contributed by atoms with Crippen molar-refractivity contribution in [3.05, 3.63) is 46.9 Å². The summed E-state index contributed by atoms with van der Waals surface area (Å²) in [5, 5.41) is 8.91. The highest BCUT2D eigenvalue weighted by molar-refractivity contribution is 7.93. The highest BCUT2D eigenvalue weighted by atomic mass is 32.2. The van der Waals surface area contributed by atoms with Gasteiger partial charge >= 0.3 is 6.18 Å². The van der Waals surface area contributed by atoms with E-state index in [-0.39, 0.29) is 42.6 Å². The predicted molar refractivity (Wildman–Crippen MR) is 123 cm³/mol. The molecular formula is C21H23F4N5O3S2. The second-order valence-corrected chi connectivity index (χ2v) is 10.8. The third-order valence-electron chi connectivity index (χ3n) is 6.18. The molecule has 14 heteroatoms. The molecule has 0 saturated carbocycles. The first-order chi connectivity index (χ1) is 16.5. The zero-order valence-corrected chi connectivity index (χ0v) is 19.9. The van der Waals surface area contributed by atoms with Crippen LogP contribution in [0, 0.1) is 17.1 Å². The molecule has 4 rings (SSSR count). The molecular weight excluding hydrogens is 510 g/mol. The van der Waals surface area contributed by atoms with Crippen molar-refractivity contribution in [2.45, 2.75) is 42.4 Å². The lowest BCUT2D eigenvalue weighted by molar-refractivity contribution is -0.190. The largest absolute Gasteiger partial charge is 0.493 e. The third-order valence-corrected chi connectivity index (χ3v) is 8.36. The normalized spacial score (nSPS) is 23.9. The molecule has 2 aliphatic heterocycles. The second-order valence-electron chi connectivity index (χ2n) is 8.27. The number of sulfonamides is 1. The number of nitrogens with two attached hydrogens (primary N) is 1. The molecule has 3 heterocycles. The van der Waals surface area contributed by atoms with Crippen molar-refractivity contribution in [1.29, 1.82) is 5.41 Å². The minimum atomic E-state index is -4.39. The number of alkyl halides is 3. The van der Waals surface area contributed by atoms with Crippen LogP contribution in [0.3, 0.4) is 0 Å². The highest BCUT2D eigenvalue weighted by Crippen LogP contribution is 2.45. The molecule has 35 heavy (non-hydrogen) atoms. The number of ether oxygens (including phenoxy) is 1. The summed E-state index contributed by atoms with van der Waals surface area (Å²) in [5.41, 5.74) is 6.50. The SMILES string of the molecule is N=C/C=C(\N)[C@H]1C[C@@H](C(F)(F)F)CCN1[C@H]1CCOc2cc(S(=O)(=O)Nc3nccs3)c(F)cc21. The standard InChI is InChI=1S/C21H23F4N5O3S2/c22-14-10-13-16(30-6-2-12(21(23,24)25)9-17(30)15(27)1-4-26)3-7-33-18(13)11-19(14)35(31,32)29-20-28-5-8-34-20/h1,4-5,8,10-12,16-17,26H,2-3,6-7,9,27H2,(H,28,29)/b15-1-,26-4?/t12-,16-,17+/m0/s1. The molecule has 0 bridgehead atoms. The van der Waals surface area contributed by atoms with Crippen LogP contribution in [0.4, 0.5) is 22.7 Å². The Morgan fingerprint density at radius 1 is 1.34 bits per heavy atom. The van der Waals surface area contributed by atoms with Crippen molar-refractivity contribution in [2.75, 3.05) is 17.9 Å². The van der Waals surface area contributed by atoms with E-state index in [1.165, 1.54) is 12.3 Å². The van der Waals surface area contributed by atoms with Gasteiger partial charge in [-0.25, -0.2) is 17.8 Å². The van der Waals surface area contributed by atoms with Crippen molar-refractivity contribution in [1.82, 2.24) is 9.88 Å². The van der Waals surface area contributed by atoms with E-state index in [1.54, 1.807) is 10.3 Å². The van der Waals surface area contributed by atoms with Crippen molar-refractivity contribution < 1.29 is 30.7 Å². The molecule has 1 fully saturated rings. The van der Waals surface area contributed by atoms with Crippen LogP contribution in [0.2, 0.25) is 0 Å². The fourth-order valence-corrected chi connectivity index (χ4v) is 6.42. The van der Waals surface area contributed by atoms with E-state index in [2.05, 4.69) is 9.71 Å². The maximum Gasteiger partial charge on any atom is 0.391 e. The van der Waals surface area contributed by atoms with Gasteiger partial charge < -0.3 is 15.9 Å². The number of fused-ring (bicyclic) bond motifs is 1. The molecule has 1 saturated heterocycles. The van der Waals surface area contributed by atoms with Gasteiger partial charge in [0.25, 0.3) is 10.0 Å². The summed E-state index contributed by atoms with van der Waals surface area (Å²) in [6, 6.07) is 0.764. The van der Waals surface area contributed by atoms with Crippen molar-refractivity contribution in [2.24, 2.45) is 11.7 Å². The summed E-state index contributed by atoms with van der Waals surface area (Å²) in [4.78, 5) is 4.98. The lowest BCUT2D eigenvalue weighted by Gasteiger charge is -2.46. The lowest BCUT2D eigenvalue weighted by atomic mass is 9.85. The molecule has 0 aliphatic carbocycles. The lowest BCUT2D eigenvalue weighted by Crippen LogP contribution is -2.50. The maximum atomic E-state index is 15.1. The number of piperidine rings is 1. The Hall–Kier alpha value is -2.71. The van der Waals surface area contributed by atoms with Gasteiger partial charge in [0.05, 0.1) is 18.6 Å². The number of thiazole rings is 1. The zero-order chi connectivity index (χ0) is 25.4. The molecule has 0 spiro atoms. The number of hydrogen-bond acceptors (Lipinski definition) is 8. The fraction of sp³-hybridized carbons (Fsp3) is 0.429. The molecule has 0 unspecified atom stereocenters. The van der Waals surface area contributed by atoms with Gasteiger partial charge in [-0.2, -0.15) is 13.2 Å². The second kappa shape index (κ2) is 9.74. The van der Waals surface area contributed by atoms with E-state index in [0.29, 0.717) is 12.0 Å². The molecule has 1 aromatic heterocycles. The van der Waals surface area contributed by atoms with E-state index in [4.69, 9.17) is 15.9 Å². The molecule has 1 aromatic carbocycles. The van der Waals surface area contributed by atoms with Crippen LogP contribution < -0.4 is 15.2 Å². The van der Waals surface area contributed by atoms with Crippen molar-refractivity contribution >= 4 is 32.7 Å². The summed E-state index contributed by atoms with van der Waals surface area (Å²) < 4.78 is 88.8. The number of anilines is 1. The summed E-state index contributed by atoms with van der Waals surface area (Å²) in [6.45, 7) is 0.196. The number of rotatable bonds is 6. The van der Waals surface area contributed by atoms with E-state index in [0.717, 1.165) is 29.7 Å². The average molecular weight is 534 g/mol. The van der Waals surface area contributed by atoms with Gasteiger partial charge in [-0.3, -0.25) is 9.62 Å². The number of hydrogen-bond donors (Lipinski definition) is 3. The minimum absolute atomic E-state index is 0.0404. The number of likely N-dealkylation sites (tertiary alicyclic amines) is 1. The first-order valence-corrected chi connectivity index (χ1v) is 13.0. The average Bonchev–Trinajstić information content (AvgIpc) is 3.29. The maximum absolute atomic E-state index is 15.1. The summed E-state index contributed by atoms with van der Waals surface area (Å²) in [6.07, 6.45) is -0.928. The molecule has 3 atom stereocenters. The van der Waals surface area contributed by atoms with Crippen LogP contribution in [0.1, 0.15) is 30.9 Å². The van der Waals surface area contributed by atoms with Crippen LogP contribution in [-0.4, -0.2) is 49.9 Å². The van der Waals surface area contributed by atoms with Crippen LogP contribution in [-0.2, 0) is 10.0 Å². The van der Waals surface area contributed by atoms with Gasteiger partial charge in [0.2, 0.25) is 0 Å². The first-order valence-electron chi connectivity index (χ1n) is 10.7. The monoisotopic (exact) mass is 533 g/mol. The van der Waals surface area contributed by atoms with E-state index in [9.17, 15) is 21.6 Å². The third kappa shape index (κ3) is 5.28. The highest BCUT2D eigenvalue weighted by Gasteiger charge is 2.47. The number of allylic oxidation sites excluding steroid dienone is 1. The number of aromatic nitrogens is 1. The van der Waals surface area contributed by atoms with Crippen LogP contribution in [0.5, 0.6) is 5.75 Å². The molecule has 2 aliphatic rings. The first kappa shape index (κ1) is 25.4. The van der Waals surface area contributed by atoms with Crippen LogP contribution in [0.15, 0.2) is 40.4 Å². The Morgan fingerprint density at radius 2 is 2.11 bits per heavy atom. The molecule has 0 amide bonds. The van der Waals surface area contributed by atoms with Crippen LogP contribution >= 0.6 is 11.3 Å². The van der Waals surface area contributed by atoms with Gasteiger partial charge in [-0.05, 0) is 25.0 Å². The molecule has 190 valence electrons. The van der Waals surface area contributed by atoms with Gasteiger partial charge in [-0.15, -0.1) is 11.3 Å². The number of halogens is 4. The number of nitrogens with zero attached hydrogens (tertiary/aromatic N) is 2. The van der Waals surface area contributed by atoms with E-state index >= 15 is 4.39 Å².